The van der Waals surface area contributed by atoms with Crippen LogP contribution in [0.3, 0.4) is 0 Å². The smallest absolute Gasteiger partial charge is 0.263 e. The van der Waals surface area contributed by atoms with Crippen molar-refractivity contribution in [1.82, 2.24) is 10.2 Å². The predicted molar refractivity (Wildman–Crippen MR) is 88.3 cm³/mol. The van der Waals surface area contributed by atoms with Crippen LogP contribution in [0, 0.1) is 0 Å². The quantitative estimate of drug-likeness (QED) is 0.803. The van der Waals surface area contributed by atoms with E-state index < -0.39 is 0 Å². The van der Waals surface area contributed by atoms with Crippen molar-refractivity contribution >= 4 is 33.0 Å². The Morgan fingerprint density at radius 2 is 2.19 bits per heavy atom. The van der Waals surface area contributed by atoms with Crippen LogP contribution in [0.2, 0.25) is 0 Å². The monoisotopic (exact) mass is 307 g/mol. The first-order valence-electron chi connectivity index (χ1n) is 6.82. The third kappa shape index (κ3) is 3.65. The maximum atomic E-state index is 12.2. The van der Waals surface area contributed by atoms with Gasteiger partial charge in [-0.05, 0) is 45.3 Å². The molecule has 1 aromatic heterocycles. The number of hydrogen-bond acceptors (Lipinski definition) is 5. The van der Waals surface area contributed by atoms with Gasteiger partial charge in [-0.1, -0.05) is 0 Å². The van der Waals surface area contributed by atoms with E-state index >= 15 is 0 Å². The Kier molecular flexibility index (Phi) is 5.03. The van der Waals surface area contributed by atoms with Gasteiger partial charge in [-0.15, -0.1) is 11.3 Å². The highest BCUT2D eigenvalue weighted by atomic mass is 32.1. The van der Waals surface area contributed by atoms with Crippen LogP contribution in [0.15, 0.2) is 18.2 Å². The summed E-state index contributed by atoms with van der Waals surface area (Å²) in [6.07, 6.45) is 0.914. The molecule has 0 saturated heterocycles. The second kappa shape index (κ2) is 6.78. The average molecular weight is 307 g/mol. The summed E-state index contributed by atoms with van der Waals surface area (Å²) in [6, 6.07) is 5.65. The van der Waals surface area contributed by atoms with Gasteiger partial charge in [0.15, 0.2) is 0 Å². The minimum absolute atomic E-state index is 0.105. The molecule has 0 saturated carbocycles. The molecule has 3 N–H and O–H groups in total. The van der Waals surface area contributed by atoms with E-state index in [9.17, 15) is 4.79 Å². The molecule has 1 amide bonds. The number of nitrogens with zero attached hydrogens (tertiary/aromatic N) is 1. The van der Waals surface area contributed by atoms with Crippen LogP contribution in [0.4, 0.5) is 5.69 Å². The van der Waals surface area contributed by atoms with Crippen molar-refractivity contribution in [3.05, 3.63) is 23.1 Å². The molecule has 2 aromatic rings. The molecule has 0 radical (unpaired) electrons. The van der Waals surface area contributed by atoms with Crippen LogP contribution in [0.25, 0.3) is 10.1 Å². The zero-order valence-corrected chi connectivity index (χ0v) is 13.4. The molecule has 0 bridgehead atoms. The lowest BCUT2D eigenvalue weighted by atomic mass is 10.2. The Labute approximate surface area is 128 Å². The number of methoxy groups -OCH3 is 1. The first-order chi connectivity index (χ1) is 10.0. The second-order valence-electron chi connectivity index (χ2n) is 5.12. The number of anilines is 1. The number of fused-ring (bicyclic) bond motifs is 1. The minimum atomic E-state index is -0.105. The molecule has 6 heteroatoms. The molecule has 0 aliphatic heterocycles. The average Bonchev–Trinajstić information content (AvgIpc) is 2.79. The first kappa shape index (κ1) is 15.6. The number of nitrogen functional groups attached to an aromatic ring is 1. The zero-order valence-electron chi connectivity index (χ0n) is 12.6. The summed E-state index contributed by atoms with van der Waals surface area (Å²) in [5.41, 5.74) is 6.63. The van der Waals surface area contributed by atoms with Gasteiger partial charge in [-0.3, -0.25) is 4.79 Å². The molecule has 0 aliphatic rings. The molecule has 0 aliphatic carbocycles. The van der Waals surface area contributed by atoms with Gasteiger partial charge in [0.1, 0.15) is 10.6 Å². The highest BCUT2D eigenvalue weighted by Gasteiger charge is 2.16. The number of hydrogen-bond donors (Lipinski definition) is 2. The first-order valence-corrected chi connectivity index (χ1v) is 7.63. The zero-order chi connectivity index (χ0) is 15.4. The van der Waals surface area contributed by atoms with E-state index in [1.807, 2.05) is 32.3 Å². The minimum Gasteiger partial charge on any atom is -0.497 e. The van der Waals surface area contributed by atoms with Crippen molar-refractivity contribution in [1.29, 1.82) is 0 Å². The molecule has 0 spiro atoms. The highest BCUT2D eigenvalue weighted by Crippen LogP contribution is 2.35. The molecule has 0 atom stereocenters. The topological polar surface area (TPSA) is 67.6 Å². The number of nitrogens with two attached hydrogens (primary N) is 1. The standard InChI is InChI=1S/C15H21N3O2S/c1-18(2)8-4-7-17-15(19)14-13(16)11-6-5-10(20-3)9-12(11)21-14/h5-6,9H,4,7-8,16H2,1-3H3,(H,17,19). The van der Waals surface area contributed by atoms with E-state index in [1.54, 1.807) is 7.11 Å². The van der Waals surface area contributed by atoms with Gasteiger partial charge in [0.25, 0.3) is 5.91 Å². The number of carbonyl (C=O) groups excluding carboxylic acids is 1. The van der Waals surface area contributed by atoms with Gasteiger partial charge in [0.2, 0.25) is 0 Å². The van der Waals surface area contributed by atoms with Crippen LogP contribution in [0.1, 0.15) is 16.1 Å². The lowest BCUT2D eigenvalue weighted by molar-refractivity contribution is 0.0957. The SMILES string of the molecule is COc1ccc2c(N)c(C(=O)NCCCN(C)C)sc2c1. The number of amides is 1. The van der Waals surface area contributed by atoms with Crippen LogP contribution >= 0.6 is 11.3 Å². The number of ether oxygens (including phenoxy) is 1. The fourth-order valence-corrected chi connectivity index (χ4v) is 3.14. The van der Waals surface area contributed by atoms with E-state index in [4.69, 9.17) is 10.5 Å². The molecule has 5 nitrogen and oxygen atoms in total. The summed E-state index contributed by atoms with van der Waals surface area (Å²) in [5.74, 6) is 0.660. The Balaban J connectivity index is 2.10. The molecule has 21 heavy (non-hydrogen) atoms. The number of thiophene rings is 1. The van der Waals surface area contributed by atoms with E-state index in [0.717, 1.165) is 28.8 Å². The molecule has 1 aromatic carbocycles. The molecule has 0 unspecified atom stereocenters. The number of rotatable bonds is 6. The molecular weight excluding hydrogens is 286 g/mol. The Morgan fingerprint density at radius 1 is 1.43 bits per heavy atom. The molecule has 0 fully saturated rings. The van der Waals surface area contributed by atoms with Gasteiger partial charge in [-0.2, -0.15) is 0 Å². The predicted octanol–water partition coefficient (Wildman–Crippen LogP) is 2.17. The maximum Gasteiger partial charge on any atom is 0.263 e. The maximum absolute atomic E-state index is 12.2. The van der Waals surface area contributed by atoms with Gasteiger partial charge >= 0.3 is 0 Å². The summed E-state index contributed by atoms with van der Waals surface area (Å²) in [6.45, 7) is 1.59. The van der Waals surface area contributed by atoms with Crippen molar-refractivity contribution in [2.45, 2.75) is 6.42 Å². The number of nitrogens with one attached hydrogen (secondary N) is 1. The van der Waals surface area contributed by atoms with Crippen molar-refractivity contribution < 1.29 is 9.53 Å². The van der Waals surface area contributed by atoms with E-state index in [2.05, 4.69) is 10.2 Å². The summed E-state index contributed by atoms with van der Waals surface area (Å²) in [4.78, 5) is 14.9. The lowest BCUT2D eigenvalue weighted by Crippen LogP contribution is -2.26. The summed E-state index contributed by atoms with van der Waals surface area (Å²) < 4.78 is 6.16. The molecule has 1 heterocycles. The van der Waals surface area contributed by atoms with Crippen molar-refractivity contribution in [2.75, 3.05) is 40.0 Å². The van der Waals surface area contributed by atoms with Gasteiger partial charge in [0, 0.05) is 16.6 Å². The summed E-state index contributed by atoms with van der Waals surface area (Å²) >= 11 is 1.40. The van der Waals surface area contributed by atoms with Gasteiger partial charge < -0.3 is 20.7 Å². The van der Waals surface area contributed by atoms with Gasteiger partial charge in [-0.25, -0.2) is 0 Å². The van der Waals surface area contributed by atoms with Gasteiger partial charge in [0.05, 0.1) is 12.8 Å². The second-order valence-corrected chi connectivity index (χ2v) is 6.17. The fraction of sp³-hybridized carbons (Fsp3) is 0.400. The summed E-state index contributed by atoms with van der Waals surface area (Å²) in [7, 11) is 5.65. The van der Waals surface area contributed by atoms with Crippen molar-refractivity contribution in [3.8, 4) is 5.75 Å². The number of benzene rings is 1. The van der Waals surface area contributed by atoms with Crippen LogP contribution in [0.5, 0.6) is 5.75 Å². The fourth-order valence-electron chi connectivity index (χ4n) is 2.07. The highest BCUT2D eigenvalue weighted by molar-refractivity contribution is 7.21. The van der Waals surface area contributed by atoms with Crippen LogP contribution in [-0.2, 0) is 0 Å². The van der Waals surface area contributed by atoms with Crippen LogP contribution in [-0.4, -0.2) is 45.1 Å². The number of carbonyl (C=O) groups is 1. The summed E-state index contributed by atoms with van der Waals surface area (Å²) in [5, 5.41) is 3.82. The molecule has 2 rings (SSSR count). The Bertz CT molecular complexity index is 637. The Hall–Kier alpha value is -1.79. The normalized spacial score (nSPS) is 11.0. The van der Waals surface area contributed by atoms with E-state index in [1.165, 1.54) is 11.3 Å². The lowest BCUT2D eigenvalue weighted by Gasteiger charge is -2.09. The largest absolute Gasteiger partial charge is 0.497 e. The molecule has 114 valence electrons. The van der Waals surface area contributed by atoms with E-state index in [-0.39, 0.29) is 5.91 Å². The Morgan fingerprint density at radius 3 is 2.86 bits per heavy atom. The third-order valence-corrected chi connectivity index (χ3v) is 4.38. The third-order valence-electron chi connectivity index (χ3n) is 3.21. The van der Waals surface area contributed by atoms with Crippen molar-refractivity contribution in [2.24, 2.45) is 0 Å². The van der Waals surface area contributed by atoms with E-state index in [0.29, 0.717) is 17.1 Å². The molecular formula is C15H21N3O2S. The van der Waals surface area contributed by atoms with Crippen LogP contribution < -0.4 is 15.8 Å². The van der Waals surface area contributed by atoms with Crippen molar-refractivity contribution in [3.63, 3.8) is 0 Å².